The van der Waals surface area contributed by atoms with Crippen molar-refractivity contribution in [3.8, 4) is 11.6 Å². The first kappa shape index (κ1) is 16.0. The molecule has 0 radical (unpaired) electrons. The second kappa shape index (κ2) is 6.40. The molecular weight excluding hydrogens is 316 g/mol. The Morgan fingerprint density at radius 1 is 0.920 bits per heavy atom. The lowest BCUT2D eigenvalue weighted by atomic mass is 10.1. The van der Waals surface area contributed by atoms with Gasteiger partial charge in [-0.1, -0.05) is 24.3 Å². The van der Waals surface area contributed by atoms with Gasteiger partial charge in [0.05, 0.1) is 0 Å². The minimum Gasteiger partial charge on any atom is -0.420 e. The van der Waals surface area contributed by atoms with Crippen molar-refractivity contribution >= 4 is 16.6 Å². The summed E-state index contributed by atoms with van der Waals surface area (Å²) in [5.41, 5.74) is 0.640. The molecule has 0 spiro atoms. The van der Waals surface area contributed by atoms with Crippen LogP contribution in [0.5, 0.6) is 0 Å². The number of benzene rings is 1. The Morgan fingerprint density at radius 2 is 1.64 bits per heavy atom. The average molecular weight is 338 g/mol. The fourth-order valence-corrected chi connectivity index (χ4v) is 3.32. The Bertz CT molecular complexity index is 882. The molecule has 0 saturated carbocycles. The summed E-state index contributed by atoms with van der Waals surface area (Å²) >= 11 is 0. The minimum atomic E-state index is 0.414. The zero-order valence-electron chi connectivity index (χ0n) is 14.8. The maximum atomic E-state index is 5.56. The van der Waals surface area contributed by atoms with E-state index in [0.29, 0.717) is 23.5 Å². The molecule has 3 aromatic rings. The number of anilines is 1. The van der Waals surface area contributed by atoms with Crippen LogP contribution in [-0.4, -0.2) is 57.5 Å². The molecule has 130 valence electrons. The molecule has 0 amide bonds. The molecule has 1 aromatic carbocycles. The number of nitrogens with zero attached hydrogens (tertiary/aromatic N) is 6. The van der Waals surface area contributed by atoms with Gasteiger partial charge in [0.2, 0.25) is 5.89 Å². The van der Waals surface area contributed by atoms with E-state index in [0.717, 1.165) is 42.8 Å². The molecule has 0 bridgehead atoms. The van der Waals surface area contributed by atoms with Gasteiger partial charge in [-0.3, -0.25) is 4.90 Å². The first-order valence-corrected chi connectivity index (χ1v) is 8.68. The van der Waals surface area contributed by atoms with Crippen molar-refractivity contribution in [3.63, 3.8) is 0 Å². The van der Waals surface area contributed by atoms with Crippen molar-refractivity contribution in [2.45, 2.75) is 26.8 Å². The Balaban J connectivity index is 1.72. The lowest BCUT2D eigenvalue weighted by Crippen LogP contribution is -2.49. The first-order chi connectivity index (χ1) is 12.1. The van der Waals surface area contributed by atoms with Crippen molar-refractivity contribution in [1.29, 1.82) is 0 Å². The summed E-state index contributed by atoms with van der Waals surface area (Å²) < 4.78 is 5.56. The van der Waals surface area contributed by atoms with Crippen molar-refractivity contribution in [3.05, 3.63) is 30.2 Å². The molecule has 0 aliphatic carbocycles. The Kier molecular flexibility index (Phi) is 4.09. The van der Waals surface area contributed by atoms with E-state index in [9.17, 15) is 0 Å². The van der Waals surface area contributed by atoms with Crippen molar-refractivity contribution in [1.82, 2.24) is 25.3 Å². The van der Waals surface area contributed by atoms with Gasteiger partial charge in [0, 0.05) is 49.9 Å². The van der Waals surface area contributed by atoms with Crippen LogP contribution in [0.3, 0.4) is 0 Å². The van der Waals surface area contributed by atoms with E-state index in [1.54, 1.807) is 6.92 Å². The van der Waals surface area contributed by atoms with Crippen molar-refractivity contribution in [2.75, 3.05) is 31.1 Å². The van der Waals surface area contributed by atoms with E-state index in [-0.39, 0.29) is 0 Å². The SMILES string of the molecule is Cc1nnc(-c2nnc(N3CCN(C(C)C)CC3)c3ccccc23)o1. The van der Waals surface area contributed by atoms with Gasteiger partial charge in [0.1, 0.15) is 0 Å². The summed E-state index contributed by atoms with van der Waals surface area (Å²) in [7, 11) is 0. The zero-order valence-corrected chi connectivity index (χ0v) is 14.8. The van der Waals surface area contributed by atoms with Crippen molar-refractivity contribution < 1.29 is 4.42 Å². The van der Waals surface area contributed by atoms with Crippen LogP contribution in [0.25, 0.3) is 22.4 Å². The van der Waals surface area contributed by atoms with Crippen molar-refractivity contribution in [2.24, 2.45) is 0 Å². The molecule has 2 aromatic heterocycles. The summed E-state index contributed by atoms with van der Waals surface area (Å²) in [5, 5.41) is 19.0. The number of piperazine rings is 1. The number of aromatic nitrogens is 4. The maximum Gasteiger partial charge on any atom is 0.268 e. The molecule has 4 rings (SSSR count). The van der Waals surface area contributed by atoms with Gasteiger partial charge in [0.25, 0.3) is 5.89 Å². The van der Waals surface area contributed by atoms with Gasteiger partial charge in [-0.2, -0.15) is 0 Å². The van der Waals surface area contributed by atoms with Crippen LogP contribution in [0.2, 0.25) is 0 Å². The van der Waals surface area contributed by atoms with E-state index in [2.05, 4.69) is 50.1 Å². The van der Waals surface area contributed by atoms with Crippen LogP contribution < -0.4 is 4.90 Å². The summed E-state index contributed by atoms with van der Waals surface area (Å²) in [6.45, 7) is 10.2. The van der Waals surface area contributed by atoms with E-state index >= 15 is 0 Å². The average Bonchev–Trinajstić information content (AvgIpc) is 3.07. The molecule has 1 aliphatic rings. The summed E-state index contributed by atoms with van der Waals surface area (Å²) in [5.74, 6) is 1.87. The lowest BCUT2D eigenvalue weighted by molar-refractivity contribution is 0.209. The molecule has 1 saturated heterocycles. The summed E-state index contributed by atoms with van der Waals surface area (Å²) in [6, 6.07) is 8.72. The fourth-order valence-electron chi connectivity index (χ4n) is 3.32. The van der Waals surface area contributed by atoms with Crippen LogP contribution in [0.1, 0.15) is 19.7 Å². The van der Waals surface area contributed by atoms with E-state index in [1.165, 1.54) is 0 Å². The van der Waals surface area contributed by atoms with Gasteiger partial charge in [-0.15, -0.1) is 20.4 Å². The van der Waals surface area contributed by atoms with Crippen LogP contribution >= 0.6 is 0 Å². The Labute approximate surface area is 146 Å². The standard InChI is InChI=1S/C18H22N6O/c1-12(2)23-8-10-24(11-9-23)17-15-7-5-4-6-14(15)16(20-21-17)18-22-19-13(3)25-18/h4-7,12H,8-11H2,1-3H3. The normalized spacial score (nSPS) is 16.1. The highest BCUT2D eigenvalue weighted by Crippen LogP contribution is 2.31. The van der Waals surface area contributed by atoms with E-state index < -0.39 is 0 Å². The maximum absolute atomic E-state index is 5.56. The molecule has 0 unspecified atom stereocenters. The molecule has 3 heterocycles. The second-order valence-electron chi connectivity index (χ2n) is 6.66. The number of aryl methyl sites for hydroxylation is 1. The third kappa shape index (κ3) is 2.95. The Hall–Kier alpha value is -2.54. The number of hydrogen-bond donors (Lipinski definition) is 0. The highest BCUT2D eigenvalue weighted by Gasteiger charge is 2.23. The first-order valence-electron chi connectivity index (χ1n) is 8.68. The number of hydrogen-bond acceptors (Lipinski definition) is 7. The van der Waals surface area contributed by atoms with Gasteiger partial charge < -0.3 is 9.32 Å². The largest absolute Gasteiger partial charge is 0.420 e. The fraction of sp³-hybridized carbons (Fsp3) is 0.444. The van der Waals surface area contributed by atoms with E-state index in [4.69, 9.17) is 4.42 Å². The Morgan fingerprint density at radius 3 is 2.28 bits per heavy atom. The molecule has 0 N–H and O–H groups in total. The molecule has 25 heavy (non-hydrogen) atoms. The lowest BCUT2D eigenvalue weighted by Gasteiger charge is -2.37. The van der Waals surface area contributed by atoms with Crippen LogP contribution in [-0.2, 0) is 0 Å². The smallest absolute Gasteiger partial charge is 0.268 e. The highest BCUT2D eigenvalue weighted by atomic mass is 16.4. The number of fused-ring (bicyclic) bond motifs is 1. The minimum absolute atomic E-state index is 0.414. The van der Waals surface area contributed by atoms with Gasteiger partial charge >= 0.3 is 0 Å². The molecular formula is C18H22N6O. The second-order valence-corrected chi connectivity index (χ2v) is 6.66. The summed E-state index contributed by atoms with van der Waals surface area (Å²) in [4.78, 5) is 4.80. The van der Waals surface area contributed by atoms with E-state index in [1.807, 2.05) is 18.2 Å². The monoisotopic (exact) mass is 338 g/mol. The van der Waals surface area contributed by atoms with Gasteiger partial charge in [0.15, 0.2) is 11.5 Å². The van der Waals surface area contributed by atoms with Crippen LogP contribution in [0.4, 0.5) is 5.82 Å². The zero-order chi connectivity index (χ0) is 17.4. The molecule has 7 heteroatoms. The quantitative estimate of drug-likeness (QED) is 0.726. The van der Waals surface area contributed by atoms with Gasteiger partial charge in [-0.05, 0) is 13.8 Å². The topological polar surface area (TPSA) is 71.2 Å². The predicted molar refractivity (Wildman–Crippen MR) is 96.5 cm³/mol. The van der Waals surface area contributed by atoms with Gasteiger partial charge in [-0.25, -0.2) is 0 Å². The third-order valence-electron chi connectivity index (χ3n) is 4.74. The molecule has 7 nitrogen and oxygen atoms in total. The molecule has 1 fully saturated rings. The number of rotatable bonds is 3. The third-order valence-corrected chi connectivity index (χ3v) is 4.74. The summed E-state index contributed by atoms with van der Waals surface area (Å²) in [6.07, 6.45) is 0. The highest BCUT2D eigenvalue weighted by molar-refractivity contribution is 5.99. The predicted octanol–water partition coefficient (Wildman–Crippen LogP) is 2.52. The molecule has 1 aliphatic heterocycles. The van der Waals surface area contributed by atoms with Crippen LogP contribution in [0.15, 0.2) is 28.7 Å². The van der Waals surface area contributed by atoms with Crippen LogP contribution in [0, 0.1) is 6.92 Å². The molecule has 0 atom stereocenters.